The Bertz CT molecular complexity index is 326. The molecular formula is C10H11F2N. The third-order valence-corrected chi connectivity index (χ3v) is 2.62. The highest BCUT2D eigenvalue weighted by molar-refractivity contribution is 5.30. The Labute approximate surface area is 75.6 Å². The first-order chi connectivity index (χ1) is 6.16. The van der Waals surface area contributed by atoms with Crippen molar-refractivity contribution in [2.45, 2.75) is 12.1 Å². The average molecular weight is 183 g/mol. The lowest BCUT2D eigenvalue weighted by molar-refractivity contribution is 0.287. The van der Waals surface area contributed by atoms with Crippen LogP contribution < -0.4 is 5.73 Å². The van der Waals surface area contributed by atoms with Gasteiger partial charge in [0.2, 0.25) is 0 Å². The first-order valence-electron chi connectivity index (χ1n) is 4.32. The van der Waals surface area contributed by atoms with Crippen molar-refractivity contribution in [2.75, 3.05) is 6.54 Å². The monoisotopic (exact) mass is 183 g/mol. The van der Waals surface area contributed by atoms with E-state index in [1.807, 2.05) is 0 Å². The molecule has 1 aromatic rings. The van der Waals surface area contributed by atoms with E-state index >= 15 is 0 Å². The summed E-state index contributed by atoms with van der Waals surface area (Å²) < 4.78 is 26.6. The predicted molar refractivity (Wildman–Crippen MR) is 46.3 cm³/mol. The van der Waals surface area contributed by atoms with E-state index in [9.17, 15) is 8.78 Å². The summed E-state index contributed by atoms with van der Waals surface area (Å²) in [4.78, 5) is 0. The van der Waals surface area contributed by atoms with E-state index in [4.69, 9.17) is 5.73 Å². The highest BCUT2D eigenvalue weighted by Gasteiger charge is 2.55. The Balaban J connectivity index is 2.27. The molecule has 1 fully saturated rings. The maximum absolute atomic E-state index is 13.8. The number of alkyl halides is 1. The topological polar surface area (TPSA) is 26.0 Å². The van der Waals surface area contributed by atoms with Crippen LogP contribution in [0.5, 0.6) is 0 Å². The van der Waals surface area contributed by atoms with Crippen LogP contribution in [-0.2, 0) is 5.67 Å². The first-order valence-corrected chi connectivity index (χ1v) is 4.32. The van der Waals surface area contributed by atoms with Crippen LogP contribution in [0.2, 0.25) is 0 Å². The smallest absolute Gasteiger partial charge is 0.140 e. The molecule has 0 spiro atoms. The van der Waals surface area contributed by atoms with Gasteiger partial charge in [-0.2, -0.15) is 0 Å². The molecule has 2 rings (SSSR count). The third-order valence-electron chi connectivity index (χ3n) is 2.62. The van der Waals surface area contributed by atoms with Crippen LogP contribution in [0.1, 0.15) is 12.0 Å². The molecule has 2 N–H and O–H groups in total. The summed E-state index contributed by atoms with van der Waals surface area (Å²) in [5, 5.41) is 0. The van der Waals surface area contributed by atoms with Crippen molar-refractivity contribution in [3.8, 4) is 0 Å². The van der Waals surface area contributed by atoms with E-state index in [0.29, 0.717) is 18.5 Å². The molecule has 0 aliphatic heterocycles. The molecule has 0 amide bonds. The maximum Gasteiger partial charge on any atom is 0.140 e. The van der Waals surface area contributed by atoms with Crippen molar-refractivity contribution in [1.29, 1.82) is 0 Å². The Hall–Kier alpha value is -0.960. The van der Waals surface area contributed by atoms with Crippen LogP contribution in [-0.4, -0.2) is 6.54 Å². The van der Waals surface area contributed by atoms with Crippen LogP contribution in [0.25, 0.3) is 0 Å². The predicted octanol–water partition coefficient (Wildman–Crippen LogP) is 1.97. The molecule has 1 nitrogen and oxygen atoms in total. The van der Waals surface area contributed by atoms with Gasteiger partial charge in [-0.15, -0.1) is 0 Å². The minimum Gasteiger partial charge on any atom is -0.330 e. The number of hydrogen-bond acceptors (Lipinski definition) is 1. The lowest BCUT2D eigenvalue weighted by atomic mass is 10.1. The number of rotatable bonds is 2. The molecule has 70 valence electrons. The van der Waals surface area contributed by atoms with E-state index in [-0.39, 0.29) is 5.92 Å². The van der Waals surface area contributed by atoms with Crippen LogP contribution >= 0.6 is 0 Å². The molecule has 13 heavy (non-hydrogen) atoms. The Morgan fingerprint density at radius 1 is 1.54 bits per heavy atom. The summed E-state index contributed by atoms with van der Waals surface area (Å²) in [5.74, 6) is -0.522. The van der Waals surface area contributed by atoms with Gasteiger partial charge in [-0.1, -0.05) is 12.1 Å². The average Bonchev–Trinajstić information content (AvgIpc) is 2.79. The summed E-state index contributed by atoms with van der Waals surface area (Å²) in [6.07, 6.45) is 0.424. The standard InChI is InChI=1S/C10H11F2N/c11-9-3-1-2-7(4-9)10(12)5-8(10)6-13/h1-4,8H,5-6,13H2/t8-,10+/m1/s1. The lowest BCUT2D eigenvalue weighted by Crippen LogP contribution is -2.10. The normalized spacial score (nSPS) is 31.8. The van der Waals surface area contributed by atoms with Gasteiger partial charge in [0, 0.05) is 5.92 Å². The van der Waals surface area contributed by atoms with Crippen molar-refractivity contribution in [2.24, 2.45) is 11.7 Å². The van der Waals surface area contributed by atoms with E-state index < -0.39 is 11.5 Å². The van der Waals surface area contributed by atoms with Crippen LogP contribution in [0, 0.1) is 11.7 Å². The van der Waals surface area contributed by atoms with Gasteiger partial charge in [0.05, 0.1) is 0 Å². The molecule has 1 aromatic carbocycles. The van der Waals surface area contributed by atoms with Crippen LogP contribution in [0.4, 0.5) is 8.78 Å². The number of nitrogens with two attached hydrogens (primary N) is 1. The van der Waals surface area contributed by atoms with Gasteiger partial charge in [-0.25, -0.2) is 8.78 Å². The second-order valence-electron chi connectivity index (χ2n) is 3.51. The van der Waals surface area contributed by atoms with Crippen molar-refractivity contribution in [3.63, 3.8) is 0 Å². The van der Waals surface area contributed by atoms with Gasteiger partial charge in [0.1, 0.15) is 11.5 Å². The van der Waals surface area contributed by atoms with E-state index in [2.05, 4.69) is 0 Å². The number of hydrogen-bond donors (Lipinski definition) is 1. The minimum absolute atomic E-state index is 0.130. The largest absolute Gasteiger partial charge is 0.330 e. The molecule has 1 aliphatic carbocycles. The second-order valence-corrected chi connectivity index (χ2v) is 3.51. The van der Waals surface area contributed by atoms with Crippen LogP contribution in [0.15, 0.2) is 24.3 Å². The lowest BCUT2D eigenvalue weighted by Gasteiger charge is -2.06. The fourth-order valence-electron chi connectivity index (χ4n) is 1.67. The number of benzene rings is 1. The summed E-state index contributed by atoms with van der Waals surface area (Å²) in [6.45, 7) is 0.326. The molecule has 0 saturated heterocycles. The summed E-state index contributed by atoms with van der Waals surface area (Å²) in [7, 11) is 0. The molecule has 2 atom stereocenters. The minimum atomic E-state index is -1.36. The Morgan fingerprint density at radius 2 is 2.31 bits per heavy atom. The fourth-order valence-corrected chi connectivity index (χ4v) is 1.67. The van der Waals surface area contributed by atoms with Gasteiger partial charge in [0.15, 0.2) is 0 Å². The summed E-state index contributed by atoms with van der Waals surface area (Å²) >= 11 is 0. The summed E-state index contributed by atoms with van der Waals surface area (Å²) in [6, 6.07) is 5.69. The molecule has 1 aliphatic rings. The van der Waals surface area contributed by atoms with E-state index in [0.717, 1.165) is 0 Å². The highest BCUT2D eigenvalue weighted by Crippen LogP contribution is 2.54. The SMILES string of the molecule is NC[C@H]1C[C@]1(F)c1cccc(F)c1. The quantitative estimate of drug-likeness (QED) is 0.745. The zero-order valence-electron chi connectivity index (χ0n) is 7.13. The van der Waals surface area contributed by atoms with Crippen molar-refractivity contribution in [3.05, 3.63) is 35.6 Å². The van der Waals surface area contributed by atoms with E-state index in [1.165, 1.54) is 18.2 Å². The van der Waals surface area contributed by atoms with Gasteiger partial charge in [0.25, 0.3) is 0 Å². The van der Waals surface area contributed by atoms with Crippen molar-refractivity contribution in [1.82, 2.24) is 0 Å². The Kier molecular flexibility index (Phi) is 1.84. The van der Waals surface area contributed by atoms with Gasteiger partial charge in [-0.05, 0) is 30.7 Å². The van der Waals surface area contributed by atoms with Crippen LogP contribution in [0.3, 0.4) is 0 Å². The molecular weight excluding hydrogens is 172 g/mol. The molecule has 0 aromatic heterocycles. The third kappa shape index (κ3) is 1.33. The maximum atomic E-state index is 13.8. The van der Waals surface area contributed by atoms with Crippen molar-refractivity contribution < 1.29 is 8.78 Å². The van der Waals surface area contributed by atoms with E-state index in [1.54, 1.807) is 6.07 Å². The summed E-state index contributed by atoms with van der Waals surface area (Å²) in [5.41, 5.74) is 4.41. The highest BCUT2D eigenvalue weighted by atomic mass is 19.1. The fraction of sp³-hybridized carbons (Fsp3) is 0.400. The van der Waals surface area contributed by atoms with Gasteiger partial charge in [-0.3, -0.25) is 0 Å². The molecule has 0 heterocycles. The second kappa shape index (κ2) is 2.77. The number of halogens is 2. The molecule has 0 bridgehead atoms. The van der Waals surface area contributed by atoms with Gasteiger partial charge < -0.3 is 5.73 Å². The molecule has 0 unspecified atom stereocenters. The first kappa shape index (κ1) is 8.63. The van der Waals surface area contributed by atoms with Gasteiger partial charge >= 0.3 is 0 Å². The molecule has 0 radical (unpaired) electrons. The zero-order valence-corrected chi connectivity index (χ0v) is 7.13. The molecule has 1 saturated carbocycles. The molecule has 3 heteroatoms. The Morgan fingerprint density at radius 3 is 2.85 bits per heavy atom. The van der Waals surface area contributed by atoms with Crippen molar-refractivity contribution >= 4 is 0 Å². The zero-order chi connectivity index (χ0) is 9.47.